The lowest BCUT2D eigenvalue weighted by atomic mass is 9.92. The smallest absolute Gasteiger partial charge is 0.159 e. The largest absolute Gasteiger partial charge is 0.313 e. The molecule has 1 unspecified atom stereocenters. The lowest BCUT2D eigenvalue weighted by Crippen LogP contribution is -2.24. The van der Waals surface area contributed by atoms with E-state index < -0.39 is 11.6 Å². The van der Waals surface area contributed by atoms with Crippen LogP contribution in [0.1, 0.15) is 31.4 Å². The summed E-state index contributed by atoms with van der Waals surface area (Å²) in [6.45, 7) is 2.16. The Bertz CT molecular complexity index is 372. The Balaban J connectivity index is 2.31. The van der Waals surface area contributed by atoms with Gasteiger partial charge in [-0.15, -0.1) is 0 Å². The molecule has 82 valence electrons. The molecule has 1 atom stereocenters. The molecule has 1 aliphatic carbocycles. The fraction of sp³-hybridized carbons (Fsp3) is 0.500. The molecule has 1 fully saturated rings. The van der Waals surface area contributed by atoms with Gasteiger partial charge in [-0.05, 0) is 43.0 Å². The van der Waals surface area contributed by atoms with Gasteiger partial charge in [0.05, 0.1) is 0 Å². The van der Waals surface area contributed by atoms with E-state index in [1.54, 1.807) is 6.07 Å². The minimum absolute atomic E-state index is 0.118. The fourth-order valence-corrected chi connectivity index (χ4v) is 2.10. The number of hydrogen-bond acceptors (Lipinski definition) is 1. The minimum atomic E-state index is -0.783. The second kappa shape index (κ2) is 3.56. The van der Waals surface area contributed by atoms with Gasteiger partial charge in [0.2, 0.25) is 0 Å². The van der Waals surface area contributed by atoms with Gasteiger partial charge >= 0.3 is 0 Å². The van der Waals surface area contributed by atoms with Crippen LogP contribution in [0, 0.1) is 17.0 Å². The first-order valence-electron chi connectivity index (χ1n) is 5.19. The summed E-state index contributed by atoms with van der Waals surface area (Å²) in [5.41, 5.74) is 1.04. The van der Waals surface area contributed by atoms with E-state index >= 15 is 0 Å². The van der Waals surface area contributed by atoms with Gasteiger partial charge < -0.3 is 5.32 Å². The molecule has 0 spiro atoms. The third kappa shape index (κ3) is 1.88. The third-order valence-electron chi connectivity index (χ3n) is 3.30. The first-order valence-corrected chi connectivity index (χ1v) is 5.19. The van der Waals surface area contributed by atoms with E-state index in [9.17, 15) is 8.78 Å². The molecule has 0 aliphatic heterocycles. The summed E-state index contributed by atoms with van der Waals surface area (Å²) in [7, 11) is 1.86. The molecule has 0 heterocycles. The van der Waals surface area contributed by atoms with Crippen molar-refractivity contribution in [3.63, 3.8) is 0 Å². The third-order valence-corrected chi connectivity index (χ3v) is 3.30. The Labute approximate surface area is 88.5 Å². The van der Waals surface area contributed by atoms with Crippen molar-refractivity contribution in [2.24, 2.45) is 5.41 Å². The topological polar surface area (TPSA) is 12.0 Å². The van der Waals surface area contributed by atoms with Gasteiger partial charge in [0, 0.05) is 6.04 Å². The van der Waals surface area contributed by atoms with Crippen LogP contribution in [0.4, 0.5) is 8.78 Å². The normalized spacial score (nSPS) is 20.0. The van der Waals surface area contributed by atoms with E-state index in [1.165, 1.54) is 12.1 Å². The van der Waals surface area contributed by atoms with Crippen molar-refractivity contribution < 1.29 is 8.78 Å². The summed E-state index contributed by atoms with van der Waals surface area (Å²) in [6, 6.07) is 4.26. The molecule has 1 nitrogen and oxygen atoms in total. The van der Waals surface area contributed by atoms with Gasteiger partial charge in [0.15, 0.2) is 11.6 Å². The van der Waals surface area contributed by atoms with Gasteiger partial charge in [-0.25, -0.2) is 8.78 Å². The van der Waals surface area contributed by atoms with E-state index in [0.717, 1.165) is 18.4 Å². The second-order valence-electron chi connectivity index (χ2n) is 4.55. The van der Waals surface area contributed by atoms with E-state index in [0.29, 0.717) is 0 Å². The van der Waals surface area contributed by atoms with Crippen molar-refractivity contribution in [3.8, 4) is 0 Å². The molecule has 1 aliphatic rings. The van der Waals surface area contributed by atoms with Crippen LogP contribution in [-0.4, -0.2) is 7.05 Å². The predicted octanol–water partition coefficient (Wildman–Crippen LogP) is 3.03. The molecule has 0 aromatic heterocycles. The Morgan fingerprint density at radius 3 is 2.40 bits per heavy atom. The quantitative estimate of drug-likeness (QED) is 0.810. The van der Waals surface area contributed by atoms with Gasteiger partial charge in [-0.1, -0.05) is 13.0 Å². The molecule has 0 saturated heterocycles. The number of hydrogen-bond donors (Lipinski definition) is 1. The Hall–Kier alpha value is -0.960. The molecule has 2 rings (SSSR count). The highest BCUT2D eigenvalue weighted by atomic mass is 19.2. The van der Waals surface area contributed by atoms with Crippen molar-refractivity contribution in [1.29, 1.82) is 0 Å². The molecule has 15 heavy (non-hydrogen) atoms. The molecule has 1 N–H and O–H groups in total. The Morgan fingerprint density at radius 2 is 1.93 bits per heavy atom. The summed E-state index contributed by atoms with van der Waals surface area (Å²) in [5.74, 6) is -1.55. The van der Waals surface area contributed by atoms with Crippen molar-refractivity contribution in [3.05, 3.63) is 35.4 Å². The highest BCUT2D eigenvalue weighted by Crippen LogP contribution is 2.54. The summed E-state index contributed by atoms with van der Waals surface area (Å²) >= 11 is 0. The summed E-state index contributed by atoms with van der Waals surface area (Å²) < 4.78 is 25.9. The molecular weight excluding hydrogens is 196 g/mol. The zero-order chi connectivity index (χ0) is 11.1. The van der Waals surface area contributed by atoms with Crippen LogP contribution in [0.25, 0.3) is 0 Å². The number of nitrogens with one attached hydrogen (secondary N) is 1. The minimum Gasteiger partial charge on any atom is -0.313 e. The summed E-state index contributed by atoms with van der Waals surface area (Å²) in [5, 5.41) is 3.18. The maximum absolute atomic E-state index is 13.1. The van der Waals surface area contributed by atoms with Crippen LogP contribution >= 0.6 is 0 Å². The maximum atomic E-state index is 13.1. The number of benzene rings is 1. The summed E-state index contributed by atoms with van der Waals surface area (Å²) in [6.07, 6.45) is 2.27. The van der Waals surface area contributed by atoms with Crippen molar-refractivity contribution in [1.82, 2.24) is 5.32 Å². The van der Waals surface area contributed by atoms with Crippen molar-refractivity contribution in [2.75, 3.05) is 7.05 Å². The molecule has 1 aromatic rings. The highest BCUT2D eigenvalue weighted by molar-refractivity contribution is 5.25. The average Bonchev–Trinajstić information content (AvgIpc) is 2.92. The van der Waals surface area contributed by atoms with Crippen LogP contribution in [-0.2, 0) is 0 Å². The second-order valence-corrected chi connectivity index (χ2v) is 4.55. The summed E-state index contributed by atoms with van der Waals surface area (Å²) in [4.78, 5) is 0. The van der Waals surface area contributed by atoms with Gasteiger partial charge in [-0.3, -0.25) is 0 Å². The molecule has 3 heteroatoms. The number of halogens is 2. The Morgan fingerprint density at radius 1 is 1.27 bits per heavy atom. The van der Waals surface area contributed by atoms with Gasteiger partial charge in [0.25, 0.3) is 0 Å². The molecule has 1 aromatic carbocycles. The molecule has 0 bridgehead atoms. The monoisotopic (exact) mass is 211 g/mol. The predicted molar refractivity (Wildman–Crippen MR) is 55.5 cm³/mol. The lowest BCUT2D eigenvalue weighted by Gasteiger charge is -2.23. The molecular formula is C12H15F2N. The van der Waals surface area contributed by atoms with Crippen LogP contribution in [0.3, 0.4) is 0 Å². The Kier molecular flexibility index (Phi) is 2.51. The maximum Gasteiger partial charge on any atom is 0.159 e. The van der Waals surface area contributed by atoms with E-state index in [4.69, 9.17) is 0 Å². The standard InChI is InChI=1S/C12H15F2N/c1-12(5-6-12)11(15-2)8-3-4-9(13)10(14)7-8/h3-4,7,11,15H,5-6H2,1-2H3. The van der Waals surface area contributed by atoms with E-state index in [2.05, 4.69) is 12.2 Å². The van der Waals surface area contributed by atoms with Crippen molar-refractivity contribution in [2.45, 2.75) is 25.8 Å². The first-order chi connectivity index (χ1) is 7.07. The molecule has 1 saturated carbocycles. The zero-order valence-electron chi connectivity index (χ0n) is 8.98. The van der Waals surface area contributed by atoms with Crippen LogP contribution < -0.4 is 5.32 Å². The van der Waals surface area contributed by atoms with Crippen LogP contribution in [0.2, 0.25) is 0 Å². The molecule has 0 radical (unpaired) electrons. The molecule has 0 amide bonds. The van der Waals surface area contributed by atoms with E-state index in [1.807, 2.05) is 7.05 Å². The highest BCUT2D eigenvalue weighted by Gasteiger charge is 2.44. The van der Waals surface area contributed by atoms with Crippen LogP contribution in [0.15, 0.2) is 18.2 Å². The zero-order valence-corrected chi connectivity index (χ0v) is 8.98. The average molecular weight is 211 g/mol. The fourth-order valence-electron chi connectivity index (χ4n) is 2.10. The first kappa shape index (κ1) is 10.6. The number of rotatable bonds is 3. The van der Waals surface area contributed by atoms with Crippen LogP contribution in [0.5, 0.6) is 0 Å². The van der Waals surface area contributed by atoms with E-state index in [-0.39, 0.29) is 11.5 Å². The van der Waals surface area contributed by atoms with Gasteiger partial charge in [0.1, 0.15) is 0 Å². The van der Waals surface area contributed by atoms with Crippen molar-refractivity contribution >= 4 is 0 Å². The lowest BCUT2D eigenvalue weighted by molar-refractivity contribution is 0.387. The SMILES string of the molecule is CNC(c1ccc(F)c(F)c1)C1(C)CC1. The van der Waals surface area contributed by atoms with Gasteiger partial charge in [-0.2, -0.15) is 0 Å².